The Hall–Kier alpha value is -2.97. The Balaban J connectivity index is 1.48. The number of amides is 2. The number of aromatic carboxylic acids is 1. The van der Waals surface area contributed by atoms with Crippen LogP contribution in [0.15, 0.2) is 6.07 Å². The standard InChI is InChI=1S/C34H51N3O7S/c1-22-8-10-23(11-9-22)29(38)37(27-20-26(12-16-33(2,3)4)45-28(27)30(39)40)24-13-17-36(21-24)31(41)43-25-14-18-35(19-15-25)32(42)44-34(5,6)7/h20,22-25,29,38H,8-11,13-15,17-19,21H2,1-7H3,(H,39,40)/t22?,23?,24-,29?/m0/s1. The van der Waals surface area contributed by atoms with Gasteiger partial charge in [0.2, 0.25) is 0 Å². The quantitative estimate of drug-likeness (QED) is 0.269. The minimum atomic E-state index is -1.06. The van der Waals surface area contributed by atoms with E-state index in [2.05, 4.69) is 18.8 Å². The van der Waals surface area contributed by atoms with Gasteiger partial charge in [-0.3, -0.25) is 0 Å². The molecule has 250 valence electrons. The summed E-state index contributed by atoms with van der Waals surface area (Å²) in [5.74, 6) is 5.88. The van der Waals surface area contributed by atoms with Crippen molar-refractivity contribution in [3.05, 3.63) is 15.8 Å². The second kappa shape index (κ2) is 14.2. The molecule has 2 atom stereocenters. The molecule has 3 fully saturated rings. The van der Waals surface area contributed by atoms with E-state index >= 15 is 0 Å². The van der Waals surface area contributed by atoms with Crippen molar-refractivity contribution in [3.63, 3.8) is 0 Å². The van der Waals surface area contributed by atoms with E-state index in [0.29, 0.717) is 61.9 Å². The fourth-order valence-electron chi connectivity index (χ4n) is 6.24. The maximum absolute atomic E-state index is 13.3. The number of rotatable bonds is 6. The fraction of sp³-hybridized carbons (Fsp3) is 0.735. The normalized spacial score (nSPS) is 23.6. The predicted octanol–water partition coefficient (Wildman–Crippen LogP) is 6.41. The molecule has 2 N–H and O–H groups in total. The number of nitrogens with zero attached hydrogens (tertiary/aromatic N) is 3. The number of aliphatic hydroxyl groups excluding tert-OH is 1. The third-order valence-corrected chi connectivity index (χ3v) is 9.72. The van der Waals surface area contributed by atoms with Gasteiger partial charge in [-0.25, -0.2) is 14.4 Å². The summed E-state index contributed by atoms with van der Waals surface area (Å²) in [4.78, 5) is 44.1. The summed E-state index contributed by atoms with van der Waals surface area (Å²) in [6.45, 7) is 15.4. The van der Waals surface area contributed by atoms with E-state index in [1.807, 2.05) is 46.4 Å². The predicted molar refractivity (Wildman–Crippen MR) is 175 cm³/mol. The van der Waals surface area contributed by atoms with Crippen LogP contribution in [0.25, 0.3) is 0 Å². The summed E-state index contributed by atoms with van der Waals surface area (Å²) in [5.41, 5.74) is -0.352. The van der Waals surface area contributed by atoms with E-state index in [1.165, 1.54) is 0 Å². The summed E-state index contributed by atoms with van der Waals surface area (Å²) >= 11 is 1.13. The van der Waals surface area contributed by atoms with Crippen molar-refractivity contribution in [3.8, 4) is 11.8 Å². The maximum Gasteiger partial charge on any atom is 0.410 e. The molecule has 1 aliphatic carbocycles. The van der Waals surface area contributed by atoms with Gasteiger partial charge in [0.15, 0.2) is 0 Å². The lowest BCUT2D eigenvalue weighted by molar-refractivity contribution is 0.00193. The third-order valence-electron chi connectivity index (χ3n) is 8.69. The highest BCUT2D eigenvalue weighted by molar-refractivity contribution is 7.15. The van der Waals surface area contributed by atoms with Gasteiger partial charge in [-0.15, -0.1) is 11.3 Å². The van der Waals surface area contributed by atoms with Crippen LogP contribution < -0.4 is 4.90 Å². The molecule has 45 heavy (non-hydrogen) atoms. The third kappa shape index (κ3) is 9.52. The lowest BCUT2D eigenvalue weighted by atomic mass is 9.81. The van der Waals surface area contributed by atoms with Crippen molar-refractivity contribution in [1.29, 1.82) is 0 Å². The van der Waals surface area contributed by atoms with Crippen molar-refractivity contribution in [2.24, 2.45) is 17.3 Å². The van der Waals surface area contributed by atoms with Gasteiger partial charge in [-0.1, -0.05) is 31.6 Å². The van der Waals surface area contributed by atoms with Crippen LogP contribution in [0.4, 0.5) is 15.3 Å². The van der Waals surface area contributed by atoms with E-state index in [4.69, 9.17) is 9.47 Å². The Morgan fingerprint density at radius 2 is 1.58 bits per heavy atom. The van der Waals surface area contributed by atoms with Gasteiger partial charge in [0.05, 0.1) is 16.6 Å². The van der Waals surface area contributed by atoms with E-state index in [0.717, 1.165) is 37.0 Å². The Kier molecular flexibility index (Phi) is 11.0. The monoisotopic (exact) mass is 645 g/mol. The van der Waals surface area contributed by atoms with Crippen molar-refractivity contribution in [2.45, 2.75) is 117 Å². The topological polar surface area (TPSA) is 120 Å². The maximum atomic E-state index is 13.3. The molecule has 0 spiro atoms. The first-order chi connectivity index (χ1) is 21.0. The van der Waals surface area contributed by atoms with E-state index in [-0.39, 0.29) is 34.4 Å². The van der Waals surface area contributed by atoms with E-state index < -0.39 is 23.9 Å². The first kappa shape index (κ1) is 34.9. The van der Waals surface area contributed by atoms with Gasteiger partial charge in [-0.2, -0.15) is 0 Å². The Bertz CT molecular complexity index is 1270. The van der Waals surface area contributed by atoms with Crippen LogP contribution in [0.2, 0.25) is 0 Å². The highest BCUT2D eigenvalue weighted by Gasteiger charge is 2.40. The number of aliphatic hydroxyl groups is 1. The molecule has 1 aromatic rings. The molecule has 1 unspecified atom stereocenters. The van der Waals surface area contributed by atoms with Crippen LogP contribution in [-0.4, -0.2) is 88.3 Å². The highest BCUT2D eigenvalue weighted by atomic mass is 32.1. The van der Waals surface area contributed by atoms with Gasteiger partial charge in [0.25, 0.3) is 0 Å². The van der Waals surface area contributed by atoms with Gasteiger partial charge in [0, 0.05) is 50.4 Å². The number of likely N-dealkylation sites (tertiary alicyclic amines) is 2. The van der Waals surface area contributed by atoms with Crippen LogP contribution in [0, 0.1) is 29.1 Å². The van der Waals surface area contributed by atoms with Crippen molar-refractivity contribution in [1.82, 2.24) is 9.80 Å². The number of carbonyl (C=O) groups excluding carboxylic acids is 2. The number of carbonyl (C=O) groups is 3. The molecule has 4 rings (SSSR count). The molecule has 10 nitrogen and oxygen atoms in total. The smallest absolute Gasteiger partial charge is 0.410 e. The average molecular weight is 646 g/mol. The average Bonchev–Trinajstić information content (AvgIpc) is 3.60. The number of piperidine rings is 1. The molecule has 11 heteroatoms. The minimum absolute atomic E-state index is 0.00279. The molecule has 2 saturated heterocycles. The molecule has 1 saturated carbocycles. The molecule has 0 bridgehead atoms. The molecule has 1 aromatic heterocycles. The lowest BCUT2D eigenvalue weighted by Crippen LogP contribution is -2.50. The Labute approximate surface area is 272 Å². The van der Waals surface area contributed by atoms with Crippen LogP contribution in [0.3, 0.4) is 0 Å². The summed E-state index contributed by atoms with van der Waals surface area (Å²) in [6, 6.07) is 1.51. The number of hydrogen-bond donors (Lipinski definition) is 2. The molecule has 3 aliphatic rings. The zero-order valence-electron chi connectivity index (χ0n) is 27.9. The first-order valence-electron chi connectivity index (χ1n) is 16.3. The number of hydrogen-bond acceptors (Lipinski definition) is 8. The molecule has 2 amide bonds. The number of anilines is 1. The molecule has 0 radical (unpaired) electrons. The Morgan fingerprint density at radius 3 is 2.16 bits per heavy atom. The van der Waals surface area contributed by atoms with Crippen molar-refractivity contribution >= 4 is 35.2 Å². The summed E-state index contributed by atoms with van der Waals surface area (Å²) < 4.78 is 11.3. The summed E-state index contributed by atoms with van der Waals surface area (Å²) in [6.07, 6.45) is 3.43. The molecule has 3 heterocycles. The van der Waals surface area contributed by atoms with E-state index in [9.17, 15) is 24.6 Å². The fourth-order valence-corrected chi connectivity index (χ4v) is 7.09. The highest BCUT2D eigenvalue weighted by Crippen LogP contribution is 2.39. The minimum Gasteiger partial charge on any atom is -0.477 e. The number of thiophene rings is 1. The zero-order chi connectivity index (χ0) is 33.1. The van der Waals surface area contributed by atoms with Crippen LogP contribution >= 0.6 is 11.3 Å². The first-order valence-corrected chi connectivity index (χ1v) is 17.1. The van der Waals surface area contributed by atoms with Gasteiger partial charge >= 0.3 is 18.2 Å². The van der Waals surface area contributed by atoms with Crippen molar-refractivity contribution in [2.75, 3.05) is 31.1 Å². The number of carboxylic acids is 1. The molecule has 2 aliphatic heterocycles. The van der Waals surface area contributed by atoms with Crippen LogP contribution in [0.5, 0.6) is 0 Å². The largest absolute Gasteiger partial charge is 0.477 e. The number of carboxylic acid groups (broad SMARTS) is 1. The Morgan fingerprint density at radius 1 is 0.956 bits per heavy atom. The molecule has 0 aromatic carbocycles. The lowest BCUT2D eigenvalue weighted by Gasteiger charge is -2.41. The van der Waals surface area contributed by atoms with Gasteiger partial charge < -0.3 is 34.4 Å². The SMILES string of the molecule is CC1CCC(C(O)N(c2cc(C#CC(C)(C)C)sc2C(=O)O)[C@H]2CCN(C(=O)OC3CCN(C(=O)OC(C)(C)C)CC3)C2)CC1. The summed E-state index contributed by atoms with van der Waals surface area (Å²) in [7, 11) is 0. The molecular formula is C34H51N3O7S. The van der Waals surface area contributed by atoms with Crippen LogP contribution in [0.1, 0.15) is 108 Å². The number of ether oxygens (including phenoxy) is 2. The second-order valence-corrected chi connectivity index (χ2v) is 16.0. The van der Waals surface area contributed by atoms with Crippen LogP contribution in [-0.2, 0) is 9.47 Å². The van der Waals surface area contributed by atoms with E-state index in [1.54, 1.807) is 15.9 Å². The summed E-state index contributed by atoms with van der Waals surface area (Å²) in [5, 5.41) is 22.1. The van der Waals surface area contributed by atoms with Crippen molar-refractivity contribution < 1.29 is 34.1 Å². The second-order valence-electron chi connectivity index (χ2n) is 14.9. The zero-order valence-corrected chi connectivity index (χ0v) is 28.7. The van der Waals surface area contributed by atoms with Gasteiger partial charge in [0.1, 0.15) is 22.8 Å². The van der Waals surface area contributed by atoms with Gasteiger partial charge in [-0.05, 0) is 72.8 Å². The molecular weight excluding hydrogens is 594 g/mol.